The molecule has 9 aromatic rings. The maximum atomic E-state index is 9.61. The number of para-hydroxylation sites is 3. The molecule has 0 unspecified atom stereocenters. The van der Waals surface area contributed by atoms with Gasteiger partial charge in [-0.05, 0) is 77.9 Å². The Bertz CT molecular complexity index is 4090. The average molecular weight is 1020 g/mol. The molecule has 0 saturated heterocycles. The first kappa shape index (κ1) is 25.2. The third kappa shape index (κ3) is 7.91. The van der Waals surface area contributed by atoms with Crippen LogP contribution in [-0.4, -0.2) is 9.55 Å². The van der Waals surface area contributed by atoms with Gasteiger partial charge in [-0.3, -0.25) is 0 Å². The summed E-state index contributed by atoms with van der Waals surface area (Å²) in [6.45, 7) is 14.9. The number of aromatic nitrogens is 2. The zero-order valence-electron chi connectivity index (χ0n) is 54.5. The summed E-state index contributed by atoms with van der Waals surface area (Å²) >= 11 is 0. The van der Waals surface area contributed by atoms with Gasteiger partial charge in [0, 0.05) is 62.3 Å². The summed E-state index contributed by atoms with van der Waals surface area (Å²) in [5, 5.41) is 0.386. The number of pyridine rings is 1. The largest absolute Gasteiger partial charge is 0.493 e. The molecule has 0 bridgehead atoms. The third-order valence-electron chi connectivity index (χ3n) is 10.9. The predicted molar refractivity (Wildman–Crippen MR) is 260 cm³/mol. The fraction of sp³-hybridized carbons (Fsp3) is 0.172. The molecular weight excluding hydrogens is 948 g/mol. The molecule has 1 aliphatic heterocycles. The first-order valence-electron chi connectivity index (χ1n) is 29.6. The van der Waals surface area contributed by atoms with E-state index in [1.807, 2.05) is 59.7 Å². The number of fused-ring (bicyclic) bond motifs is 4. The van der Waals surface area contributed by atoms with Gasteiger partial charge >= 0.3 is 0 Å². The van der Waals surface area contributed by atoms with Crippen molar-refractivity contribution >= 4 is 44.6 Å². The van der Waals surface area contributed by atoms with E-state index in [0.717, 1.165) is 5.56 Å². The molecule has 0 N–H and O–H groups in total. The van der Waals surface area contributed by atoms with Gasteiger partial charge in [0.2, 0.25) is 0 Å². The van der Waals surface area contributed by atoms with Gasteiger partial charge in [-0.1, -0.05) is 155 Å². The van der Waals surface area contributed by atoms with Crippen LogP contribution >= 0.6 is 0 Å². The van der Waals surface area contributed by atoms with Gasteiger partial charge in [-0.2, -0.15) is 47.0 Å². The molecule has 7 aromatic carbocycles. The Kier molecular flexibility index (Phi) is 6.58. The Morgan fingerprint density at radius 2 is 1.27 bits per heavy atom. The fourth-order valence-electron chi connectivity index (χ4n) is 7.73. The van der Waals surface area contributed by atoms with E-state index < -0.39 is 90.0 Å². The van der Waals surface area contributed by atoms with Gasteiger partial charge in [0.1, 0.15) is 5.82 Å². The maximum Gasteiger partial charge on any atom is 0.135 e. The van der Waals surface area contributed by atoms with Crippen LogP contribution in [0.3, 0.4) is 0 Å². The van der Waals surface area contributed by atoms with Crippen molar-refractivity contribution in [1.29, 1.82) is 0 Å². The van der Waals surface area contributed by atoms with E-state index in [4.69, 9.17) is 22.8 Å². The van der Waals surface area contributed by atoms with Gasteiger partial charge in [0.15, 0.2) is 0 Å². The summed E-state index contributed by atoms with van der Waals surface area (Å²) in [4.78, 5) is 7.45. The number of benzene rings is 7. The van der Waals surface area contributed by atoms with Crippen molar-refractivity contribution in [3.8, 4) is 28.1 Å². The zero-order valence-corrected chi connectivity index (χ0v) is 37.8. The smallest absolute Gasteiger partial charge is 0.135 e. The van der Waals surface area contributed by atoms with Crippen molar-refractivity contribution in [3.05, 3.63) is 210 Å². The molecule has 0 saturated carbocycles. The van der Waals surface area contributed by atoms with E-state index in [9.17, 15) is 8.22 Å². The van der Waals surface area contributed by atoms with Crippen molar-refractivity contribution in [2.75, 3.05) is 9.80 Å². The second kappa shape index (κ2) is 16.5. The summed E-state index contributed by atoms with van der Waals surface area (Å²) < 4.78 is 173. The minimum atomic E-state index is -0.697. The summed E-state index contributed by atoms with van der Waals surface area (Å²) in [6, 6.07) is 8.33. The molecular formula is C58H51N4Pt-3. The molecule has 316 valence electrons. The van der Waals surface area contributed by atoms with Crippen LogP contribution in [0.15, 0.2) is 163 Å². The second-order valence-corrected chi connectivity index (χ2v) is 17.2. The van der Waals surface area contributed by atoms with Gasteiger partial charge < -0.3 is 14.4 Å². The zero-order chi connectivity index (χ0) is 59.3. The molecule has 1 aliphatic rings. The van der Waals surface area contributed by atoms with Gasteiger partial charge in [-0.25, -0.2) is 4.98 Å². The maximum absolute atomic E-state index is 9.61. The molecule has 2 aromatic heterocycles. The Labute approximate surface area is 413 Å². The number of nitrogens with zero attached hydrogens (tertiary/aromatic N) is 4. The van der Waals surface area contributed by atoms with Crippen LogP contribution in [0.1, 0.15) is 95.4 Å². The van der Waals surface area contributed by atoms with E-state index in [-0.39, 0.29) is 141 Å². The second-order valence-electron chi connectivity index (χ2n) is 17.2. The fourth-order valence-corrected chi connectivity index (χ4v) is 7.73. The summed E-state index contributed by atoms with van der Waals surface area (Å²) in [5.74, 6) is 0.349. The van der Waals surface area contributed by atoms with Crippen molar-refractivity contribution in [3.63, 3.8) is 0 Å². The van der Waals surface area contributed by atoms with E-state index in [1.165, 1.54) is 34.7 Å². The summed E-state index contributed by atoms with van der Waals surface area (Å²) in [5.41, 5.74) is 0.688. The average Bonchev–Trinajstić information content (AvgIpc) is 3.40. The SMILES string of the molecule is [2H]c1c([2H])c([2H])c(-c2cccc(-c3c([2H])c([2H])c([2H])c([2H])c3[2H])c2N2[CH-]N(c3[c-]c(Cc4[c-]c5c(c([2H])c4[2H])c4c([2H])c(C)c([2H])c([2H])c4n5-c4cc(C(C)(C)C)ccn4)cc(C(C)(C)C)c3)c3c([2H])c([2H])c([2H])c([2H])c32)c([2H])c1[2H].[Pt]. The molecule has 0 aliphatic carbocycles. The van der Waals surface area contributed by atoms with Crippen LogP contribution in [0.4, 0.5) is 22.7 Å². The van der Waals surface area contributed by atoms with Crippen molar-refractivity contribution in [2.24, 2.45) is 0 Å². The van der Waals surface area contributed by atoms with Crippen LogP contribution in [0.25, 0.3) is 49.9 Å². The van der Waals surface area contributed by atoms with Gasteiger partial charge in [-0.15, -0.1) is 23.8 Å². The summed E-state index contributed by atoms with van der Waals surface area (Å²) in [6.07, 6.45) is 1.53. The first-order valence-corrected chi connectivity index (χ1v) is 20.1. The van der Waals surface area contributed by atoms with Crippen molar-refractivity contribution in [2.45, 2.75) is 65.7 Å². The quantitative estimate of drug-likeness (QED) is 0.149. The summed E-state index contributed by atoms with van der Waals surface area (Å²) in [7, 11) is 0. The van der Waals surface area contributed by atoms with Crippen molar-refractivity contribution < 1.29 is 47.1 Å². The van der Waals surface area contributed by atoms with Crippen LogP contribution in [0.5, 0.6) is 0 Å². The molecule has 0 spiro atoms. The minimum absolute atomic E-state index is 0. The van der Waals surface area contributed by atoms with E-state index in [0.29, 0.717) is 16.9 Å². The Morgan fingerprint density at radius 3 is 1.92 bits per heavy atom. The molecule has 0 amide bonds. The number of rotatable bonds is 7. The normalized spacial score (nSPS) is 17.0. The Hall–Kier alpha value is -6.22. The van der Waals surface area contributed by atoms with E-state index in [1.54, 1.807) is 23.8 Å². The Balaban J connectivity index is 0.00000810. The molecule has 5 heteroatoms. The van der Waals surface area contributed by atoms with Crippen molar-refractivity contribution in [1.82, 2.24) is 9.55 Å². The molecule has 0 radical (unpaired) electrons. The third-order valence-corrected chi connectivity index (χ3v) is 10.9. The topological polar surface area (TPSA) is 24.3 Å². The first-order chi connectivity index (χ1) is 37.8. The molecule has 10 rings (SSSR count). The standard InChI is InChI=1S/C58H51N4.Pt/c1-39-25-28-51-50(31-39)49-27-26-40(35-54(49)62(51)55-37-44(29-30-59-55)57(2,3)4)32-41-33-45(58(5,6)7)36-46(34-41)60-38-61(53-24-15-14-23-52(53)60)56-47(42-17-10-8-11-18-42)21-16-22-48(56)43-19-12-9-13-20-43;/h8-31,33,36-38H,32H2,1-7H3;/q-3;/i8D,9D,10D,11D,12D,13D,14D,15D,17D,18D,19D,20D,23D,24D,25D,26D,27D,28D,31D;. The molecule has 0 fully saturated rings. The number of anilines is 4. The van der Waals surface area contributed by atoms with Gasteiger partial charge in [0.05, 0.1) is 23.3 Å². The van der Waals surface area contributed by atoms with Crippen LogP contribution < -0.4 is 9.80 Å². The molecule has 3 heterocycles. The van der Waals surface area contributed by atoms with Crippen LogP contribution in [-0.2, 0) is 38.3 Å². The Morgan fingerprint density at radius 1 is 0.635 bits per heavy atom. The number of hydrogen-bond donors (Lipinski definition) is 0. The predicted octanol–water partition coefficient (Wildman–Crippen LogP) is 15.0. The van der Waals surface area contributed by atoms with Crippen LogP contribution in [0, 0.1) is 25.7 Å². The monoisotopic (exact) mass is 1020 g/mol. The minimum Gasteiger partial charge on any atom is -0.493 e. The molecule has 0 atom stereocenters. The van der Waals surface area contributed by atoms with Crippen LogP contribution in [0.2, 0.25) is 0 Å². The van der Waals surface area contributed by atoms with Gasteiger partial charge in [0.25, 0.3) is 0 Å². The number of hydrogen-bond acceptors (Lipinski definition) is 3. The molecule has 4 nitrogen and oxygen atoms in total. The van der Waals surface area contributed by atoms with E-state index >= 15 is 0 Å². The molecule has 63 heavy (non-hydrogen) atoms. The van der Waals surface area contributed by atoms with E-state index in [2.05, 4.69) is 12.1 Å².